The molecular formula is C3H6O3. The van der Waals surface area contributed by atoms with Gasteiger partial charge in [-0.25, -0.2) is 4.79 Å². The monoisotopic (exact) mass is 91.0 g/mol. The van der Waals surface area contributed by atoms with Crippen molar-refractivity contribution in [3.63, 3.8) is 0 Å². The first-order valence-corrected chi connectivity index (χ1v) is 1.53. The highest BCUT2D eigenvalue weighted by Crippen LogP contribution is 1.73. The summed E-state index contributed by atoms with van der Waals surface area (Å²) in [4.78, 5) is 9.85. The molecule has 0 fully saturated rings. The first-order valence-electron chi connectivity index (χ1n) is 1.94. The fourth-order valence-corrected chi connectivity index (χ4v) is 0. The number of hydrogen-bond donors (Lipinski definition) is 2. The summed E-state index contributed by atoms with van der Waals surface area (Å²) in [5, 5.41) is 11.6. The van der Waals surface area contributed by atoms with Crippen LogP contribution in [-0.2, 0) is 4.79 Å². The van der Waals surface area contributed by atoms with E-state index in [1.165, 1.54) is 6.92 Å². The minimum atomic E-state index is -1.18. The standard InChI is InChI=1S/C3H6O3/c1-2(4)3(5)6/h2,4H,1H3,(H,5,6)/t2-/m0/s1/i/hD. The fraction of sp³-hybridized carbons (Fsp3) is 0.667. The number of hydrogen-bond acceptors (Lipinski definition) is 3. The van der Waals surface area contributed by atoms with Crippen molar-refractivity contribution in [2.24, 2.45) is 0 Å². The molecule has 0 aliphatic heterocycles. The number of carboxylic acids is 1. The highest BCUT2D eigenvalue weighted by atomic mass is 16.4. The molecule has 1 atom stereocenters. The van der Waals surface area contributed by atoms with E-state index in [1.54, 1.807) is 0 Å². The van der Waals surface area contributed by atoms with Gasteiger partial charge in [-0.1, -0.05) is 0 Å². The summed E-state index contributed by atoms with van der Waals surface area (Å²) in [6, 6.07) is 0. The van der Waals surface area contributed by atoms with Crippen LogP contribution in [0.25, 0.3) is 1.43 Å². The van der Waals surface area contributed by atoms with Gasteiger partial charge in [-0.3, -0.25) is 0 Å². The topological polar surface area (TPSA) is 57.5 Å². The molecule has 0 radical (unpaired) electrons. The second-order valence-corrected chi connectivity index (χ2v) is 0.995. The zero-order valence-corrected chi connectivity index (χ0v) is 3.34. The van der Waals surface area contributed by atoms with Crippen LogP contribution in [-0.4, -0.2) is 22.3 Å². The van der Waals surface area contributed by atoms with Crippen molar-refractivity contribution < 1.29 is 15.0 Å². The smallest absolute Gasteiger partial charge is 0.332 e. The lowest BCUT2D eigenvalue weighted by atomic mass is 10.4. The van der Waals surface area contributed by atoms with Crippen LogP contribution in [0.4, 0.5) is 0 Å². The molecule has 0 heterocycles. The van der Waals surface area contributed by atoms with Crippen molar-refractivity contribution in [3.8, 4) is 0 Å². The molecule has 2 N–H and O–H groups in total. The summed E-state index contributed by atoms with van der Waals surface area (Å²) in [5.41, 5.74) is 0. The Balaban J connectivity index is 3.35. The average molecular weight is 91.1 g/mol. The van der Waals surface area contributed by atoms with Crippen molar-refractivity contribution in [1.29, 1.82) is 1.43 Å². The van der Waals surface area contributed by atoms with Crippen LogP contribution in [0.5, 0.6) is 0 Å². The van der Waals surface area contributed by atoms with E-state index in [1.807, 2.05) is 0 Å². The van der Waals surface area contributed by atoms with Gasteiger partial charge in [0, 0.05) is 0 Å². The molecular weight excluding hydrogens is 84.0 g/mol. The van der Waals surface area contributed by atoms with Gasteiger partial charge in [0.25, 0.3) is 1.43 Å². The molecule has 0 aromatic carbocycles. The van der Waals surface area contributed by atoms with Gasteiger partial charge in [0.1, 0.15) is 6.10 Å². The average Bonchev–Trinajstić information content (AvgIpc) is 1.65. The van der Waals surface area contributed by atoms with E-state index in [0.717, 1.165) is 0 Å². The van der Waals surface area contributed by atoms with Gasteiger partial charge in [0.15, 0.2) is 0 Å². The molecule has 3 nitrogen and oxygen atoms in total. The minimum absolute atomic E-state index is 0.931. The summed E-state index contributed by atoms with van der Waals surface area (Å²) in [5.74, 6) is -0.931. The third kappa shape index (κ3) is 1.72. The third-order valence-corrected chi connectivity index (χ3v) is 0.341. The van der Waals surface area contributed by atoms with Crippen LogP contribution in [0.3, 0.4) is 0 Å². The van der Waals surface area contributed by atoms with Gasteiger partial charge >= 0.3 is 5.97 Å². The molecule has 0 spiro atoms. The molecule has 36 valence electrons. The predicted octanol–water partition coefficient (Wildman–Crippen LogP) is -0.548. The highest BCUT2D eigenvalue weighted by molar-refractivity contribution is 5.71. The number of aliphatic carboxylic acids is 1. The molecule has 3 heteroatoms. The van der Waals surface area contributed by atoms with E-state index >= 15 is 0 Å². The van der Waals surface area contributed by atoms with E-state index in [0.29, 0.717) is 0 Å². The van der Waals surface area contributed by atoms with Gasteiger partial charge in [-0.2, -0.15) is 0 Å². The molecule has 0 aromatic heterocycles. The summed E-state index contributed by atoms with van der Waals surface area (Å²) in [6.45, 7) is 1.23. The lowest BCUT2D eigenvalue weighted by Gasteiger charge is -1.89. The van der Waals surface area contributed by atoms with Crippen molar-refractivity contribution in [2.45, 2.75) is 13.0 Å². The molecule has 0 amide bonds. The summed E-state index contributed by atoms with van der Waals surface area (Å²) in [6.07, 6.45) is -1.18. The van der Waals surface area contributed by atoms with Crippen molar-refractivity contribution in [1.82, 2.24) is 0 Å². The van der Waals surface area contributed by atoms with E-state index in [4.69, 9.17) is 6.54 Å². The first-order chi connectivity index (χ1) is 3.18. The maximum Gasteiger partial charge on any atom is 0.332 e. The lowest BCUT2D eigenvalue weighted by molar-refractivity contribution is -0.145. The zero-order valence-electron chi connectivity index (χ0n) is 4.34. The zero-order chi connectivity index (χ0) is 5.86. The summed E-state index contributed by atoms with van der Waals surface area (Å²) in [7, 11) is 0. The Kier molecular flexibility index (Phi) is 1.06. The van der Waals surface area contributed by atoms with E-state index < -0.39 is 12.1 Å². The normalized spacial score (nSPS) is 15.3. The lowest BCUT2D eigenvalue weighted by Crippen LogP contribution is -2.13. The van der Waals surface area contributed by atoms with Gasteiger partial charge in [0.2, 0.25) is 0 Å². The molecule has 0 saturated heterocycles. The van der Waals surface area contributed by atoms with Crippen LogP contribution < -0.4 is 0 Å². The molecule has 0 rings (SSSR count). The second-order valence-electron chi connectivity index (χ2n) is 0.995. The molecule has 0 unspecified atom stereocenters. The number of aliphatic hydroxyl groups excluding tert-OH is 1. The van der Waals surface area contributed by atoms with Crippen molar-refractivity contribution in [2.75, 3.05) is 0 Å². The molecule has 0 aliphatic rings. The third-order valence-electron chi connectivity index (χ3n) is 0.341. The first kappa shape index (κ1) is 3.61. The van der Waals surface area contributed by atoms with E-state index in [2.05, 4.69) is 5.11 Å². The number of carboxylic acid groups (broad SMARTS) is 1. The van der Waals surface area contributed by atoms with Crippen LogP contribution in [0.2, 0.25) is 0 Å². The Morgan fingerprint density at radius 1 is 2.17 bits per heavy atom. The minimum Gasteiger partial charge on any atom is -0.479 e. The van der Waals surface area contributed by atoms with Crippen LogP contribution >= 0.6 is 0 Å². The molecule has 0 bridgehead atoms. The number of carbonyl (C=O) groups is 1. The Bertz CT molecular complexity index is 70.6. The summed E-state index contributed by atoms with van der Waals surface area (Å²) < 4.78 is 5.93. The second kappa shape index (κ2) is 1.77. The SMILES string of the molecule is [2H]OC(=O)[C@H](C)O. The van der Waals surface area contributed by atoms with E-state index in [-0.39, 0.29) is 0 Å². The fourth-order valence-electron chi connectivity index (χ4n) is 0. The number of rotatable bonds is 1. The van der Waals surface area contributed by atoms with Crippen molar-refractivity contribution >= 4 is 5.97 Å². The quantitative estimate of drug-likeness (QED) is 0.455. The predicted molar refractivity (Wildman–Crippen MR) is 19.3 cm³/mol. The Morgan fingerprint density at radius 3 is 2.67 bits per heavy atom. The van der Waals surface area contributed by atoms with Gasteiger partial charge in [-0.05, 0) is 6.92 Å². The Hall–Kier alpha value is -0.570. The van der Waals surface area contributed by atoms with Gasteiger partial charge in [-0.15, -0.1) is 0 Å². The Morgan fingerprint density at radius 2 is 2.67 bits per heavy atom. The molecule has 0 saturated carbocycles. The van der Waals surface area contributed by atoms with E-state index in [9.17, 15) is 4.79 Å². The molecule has 6 heavy (non-hydrogen) atoms. The number of aliphatic hydroxyl groups is 1. The van der Waals surface area contributed by atoms with Crippen LogP contribution in [0.15, 0.2) is 0 Å². The maximum absolute atomic E-state index is 9.85. The molecule has 0 aromatic rings. The summed E-state index contributed by atoms with van der Waals surface area (Å²) >= 11 is 0. The van der Waals surface area contributed by atoms with Gasteiger partial charge < -0.3 is 10.2 Å². The van der Waals surface area contributed by atoms with Crippen LogP contribution in [0.1, 0.15) is 6.92 Å². The van der Waals surface area contributed by atoms with Gasteiger partial charge in [0.05, 0.1) is 0 Å². The maximum atomic E-state index is 9.85. The Labute approximate surface area is 36.7 Å². The van der Waals surface area contributed by atoms with Crippen LogP contribution in [0, 0.1) is 0 Å². The largest absolute Gasteiger partial charge is 0.479 e. The molecule has 0 aliphatic carbocycles. The highest BCUT2D eigenvalue weighted by Gasteiger charge is 2.01. The van der Waals surface area contributed by atoms with Crippen molar-refractivity contribution in [3.05, 3.63) is 0 Å².